The number of hydrogen-bond acceptors (Lipinski definition) is 5. The van der Waals surface area contributed by atoms with Crippen LogP contribution in [0.3, 0.4) is 0 Å². The van der Waals surface area contributed by atoms with E-state index < -0.39 is 28.7 Å². The number of nitrogens with zero attached hydrogens (tertiary/aromatic N) is 3. The van der Waals surface area contributed by atoms with E-state index >= 15 is 0 Å². The molecule has 0 bridgehead atoms. The number of likely N-dealkylation sites (N-methyl/N-ethyl adjacent to an activating group) is 1. The lowest BCUT2D eigenvalue weighted by atomic mass is 10.0. The minimum atomic E-state index is -4.69. The van der Waals surface area contributed by atoms with Crippen molar-refractivity contribution in [3.05, 3.63) is 69.9 Å². The van der Waals surface area contributed by atoms with E-state index in [-0.39, 0.29) is 0 Å². The zero-order chi connectivity index (χ0) is 24.0. The number of pyridine rings is 1. The van der Waals surface area contributed by atoms with Gasteiger partial charge in [0.1, 0.15) is 4.88 Å². The third kappa shape index (κ3) is 6.39. The van der Waals surface area contributed by atoms with Crippen molar-refractivity contribution < 1.29 is 18.0 Å². The SMILES string of the molecule is CCN(CC)CCc1nc(C(F)(F)F)c(C(=O)N[C@@H](C)c2cccc(-c3cccnc3)c2)s1. The molecule has 0 radical (unpaired) electrons. The monoisotopic (exact) mass is 476 g/mol. The highest BCUT2D eigenvalue weighted by molar-refractivity contribution is 7.13. The van der Waals surface area contributed by atoms with Gasteiger partial charge in [-0.25, -0.2) is 4.98 Å². The largest absolute Gasteiger partial charge is 0.435 e. The van der Waals surface area contributed by atoms with E-state index in [1.807, 2.05) is 50.2 Å². The Balaban J connectivity index is 1.79. The third-order valence-electron chi connectivity index (χ3n) is 5.41. The molecule has 1 N–H and O–H groups in total. The van der Waals surface area contributed by atoms with E-state index in [0.717, 1.165) is 41.1 Å². The summed E-state index contributed by atoms with van der Waals surface area (Å²) in [6.07, 6.45) is -0.916. The van der Waals surface area contributed by atoms with Crippen LogP contribution in [0.25, 0.3) is 11.1 Å². The molecule has 0 spiro atoms. The van der Waals surface area contributed by atoms with Crippen LogP contribution in [0.5, 0.6) is 0 Å². The molecule has 1 aromatic carbocycles. The van der Waals surface area contributed by atoms with Crippen LogP contribution in [-0.2, 0) is 12.6 Å². The highest BCUT2D eigenvalue weighted by atomic mass is 32.1. The van der Waals surface area contributed by atoms with Crippen molar-refractivity contribution in [3.8, 4) is 11.1 Å². The number of aromatic nitrogens is 2. The first-order valence-corrected chi connectivity index (χ1v) is 11.6. The minimum Gasteiger partial charge on any atom is -0.345 e. The van der Waals surface area contributed by atoms with Crippen molar-refractivity contribution in [1.29, 1.82) is 0 Å². The molecule has 1 atom stereocenters. The Kier molecular flexibility index (Phi) is 8.20. The molecule has 0 aliphatic carbocycles. The van der Waals surface area contributed by atoms with Gasteiger partial charge in [-0.1, -0.05) is 38.1 Å². The molecule has 2 aromatic heterocycles. The van der Waals surface area contributed by atoms with Crippen LogP contribution < -0.4 is 5.32 Å². The number of alkyl halides is 3. The van der Waals surface area contributed by atoms with Crippen molar-refractivity contribution in [2.75, 3.05) is 19.6 Å². The number of carbonyl (C=O) groups is 1. The highest BCUT2D eigenvalue weighted by Gasteiger charge is 2.39. The molecule has 0 fully saturated rings. The van der Waals surface area contributed by atoms with Gasteiger partial charge in [0.15, 0.2) is 5.69 Å². The molecule has 33 heavy (non-hydrogen) atoms. The van der Waals surface area contributed by atoms with Gasteiger partial charge in [0.25, 0.3) is 5.91 Å². The van der Waals surface area contributed by atoms with E-state index in [0.29, 0.717) is 18.0 Å². The van der Waals surface area contributed by atoms with Crippen molar-refractivity contribution in [2.45, 2.75) is 39.4 Å². The molecular weight excluding hydrogens is 449 g/mol. The van der Waals surface area contributed by atoms with Crippen LogP contribution in [-0.4, -0.2) is 40.4 Å². The summed E-state index contributed by atoms with van der Waals surface area (Å²) in [7, 11) is 0. The average Bonchev–Trinajstić information content (AvgIpc) is 3.26. The lowest BCUT2D eigenvalue weighted by Gasteiger charge is -2.16. The lowest BCUT2D eigenvalue weighted by molar-refractivity contribution is -0.141. The zero-order valence-electron chi connectivity index (χ0n) is 18.8. The first-order valence-electron chi connectivity index (χ1n) is 10.8. The number of carbonyl (C=O) groups excluding carboxylic acids is 1. The van der Waals surface area contributed by atoms with Crippen molar-refractivity contribution in [1.82, 2.24) is 20.2 Å². The second-order valence-corrected chi connectivity index (χ2v) is 8.71. The Labute approximate surface area is 195 Å². The molecule has 1 amide bonds. The molecule has 2 heterocycles. The molecule has 3 rings (SSSR count). The van der Waals surface area contributed by atoms with Gasteiger partial charge in [-0.05, 0) is 48.8 Å². The summed E-state index contributed by atoms with van der Waals surface area (Å²) in [5.74, 6) is -0.770. The van der Waals surface area contributed by atoms with Gasteiger partial charge in [-0.15, -0.1) is 11.3 Å². The highest BCUT2D eigenvalue weighted by Crippen LogP contribution is 2.35. The van der Waals surface area contributed by atoms with Gasteiger partial charge in [0, 0.05) is 25.4 Å². The molecule has 9 heteroatoms. The number of nitrogens with one attached hydrogen (secondary N) is 1. The average molecular weight is 477 g/mol. The summed E-state index contributed by atoms with van der Waals surface area (Å²) in [5, 5.41) is 3.02. The molecule has 3 aromatic rings. The van der Waals surface area contributed by atoms with Gasteiger partial charge in [0.05, 0.1) is 11.0 Å². The number of thiazole rings is 1. The molecule has 0 saturated heterocycles. The summed E-state index contributed by atoms with van der Waals surface area (Å²) in [6.45, 7) is 7.94. The maximum absolute atomic E-state index is 13.6. The second kappa shape index (κ2) is 10.9. The molecule has 0 unspecified atom stereocenters. The predicted molar refractivity (Wildman–Crippen MR) is 124 cm³/mol. The molecule has 176 valence electrons. The number of amides is 1. The van der Waals surface area contributed by atoms with Gasteiger partial charge in [-0.3, -0.25) is 9.78 Å². The molecule has 0 aliphatic heterocycles. The topological polar surface area (TPSA) is 58.1 Å². The van der Waals surface area contributed by atoms with Crippen molar-refractivity contribution in [3.63, 3.8) is 0 Å². The van der Waals surface area contributed by atoms with Crippen LogP contribution in [0.15, 0.2) is 48.8 Å². The Hall–Kier alpha value is -2.78. The van der Waals surface area contributed by atoms with E-state index in [1.165, 1.54) is 0 Å². The maximum atomic E-state index is 13.6. The molecule has 0 saturated carbocycles. The predicted octanol–water partition coefficient (Wildman–Crippen LogP) is 5.60. The van der Waals surface area contributed by atoms with E-state index in [4.69, 9.17) is 0 Å². The smallest absolute Gasteiger partial charge is 0.345 e. The summed E-state index contributed by atoms with van der Waals surface area (Å²) in [6, 6.07) is 10.8. The normalized spacial score (nSPS) is 12.7. The van der Waals surface area contributed by atoms with Crippen LogP contribution in [0.4, 0.5) is 13.2 Å². The van der Waals surface area contributed by atoms with Crippen LogP contribution in [0.1, 0.15) is 52.7 Å². The fraction of sp³-hybridized carbons (Fsp3) is 0.375. The van der Waals surface area contributed by atoms with Gasteiger partial charge in [0.2, 0.25) is 0 Å². The quantitative estimate of drug-likeness (QED) is 0.437. The fourth-order valence-corrected chi connectivity index (χ4v) is 4.45. The van der Waals surface area contributed by atoms with E-state index in [2.05, 4.69) is 20.2 Å². The minimum absolute atomic E-state index is 0.311. The number of halogens is 3. The summed E-state index contributed by atoms with van der Waals surface area (Å²) in [4.78, 5) is 22.4. The Morgan fingerprint density at radius 3 is 2.52 bits per heavy atom. The van der Waals surface area contributed by atoms with Crippen molar-refractivity contribution in [2.24, 2.45) is 0 Å². The van der Waals surface area contributed by atoms with Gasteiger partial charge < -0.3 is 10.2 Å². The maximum Gasteiger partial charge on any atom is 0.435 e. The van der Waals surface area contributed by atoms with E-state index in [1.54, 1.807) is 19.3 Å². The second-order valence-electron chi connectivity index (χ2n) is 7.62. The Morgan fingerprint density at radius 1 is 1.15 bits per heavy atom. The van der Waals surface area contributed by atoms with Crippen LogP contribution in [0, 0.1) is 0 Å². The van der Waals surface area contributed by atoms with E-state index in [9.17, 15) is 18.0 Å². The Bertz CT molecular complexity index is 1070. The number of rotatable bonds is 9. The number of benzene rings is 1. The van der Waals surface area contributed by atoms with Gasteiger partial charge >= 0.3 is 6.18 Å². The number of hydrogen-bond donors (Lipinski definition) is 1. The fourth-order valence-electron chi connectivity index (χ4n) is 3.48. The van der Waals surface area contributed by atoms with Crippen LogP contribution >= 0.6 is 11.3 Å². The zero-order valence-corrected chi connectivity index (χ0v) is 19.6. The third-order valence-corrected chi connectivity index (χ3v) is 6.53. The lowest BCUT2D eigenvalue weighted by Crippen LogP contribution is -2.28. The summed E-state index contributed by atoms with van der Waals surface area (Å²) >= 11 is 0.817. The van der Waals surface area contributed by atoms with Crippen LogP contribution in [0.2, 0.25) is 0 Å². The van der Waals surface area contributed by atoms with Gasteiger partial charge in [-0.2, -0.15) is 13.2 Å². The first kappa shape index (κ1) is 24.9. The molecule has 0 aliphatic rings. The summed E-state index contributed by atoms with van der Waals surface area (Å²) < 4.78 is 40.8. The Morgan fingerprint density at radius 2 is 1.88 bits per heavy atom. The summed E-state index contributed by atoms with van der Waals surface area (Å²) in [5.41, 5.74) is 1.49. The molecular formula is C24H27F3N4OS. The molecule has 5 nitrogen and oxygen atoms in total. The van der Waals surface area contributed by atoms with Crippen molar-refractivity contribution >= 4 is 17.2 Å². The standard InChI is InChI=1S/C24H27F3N4OS/c1-4-31(5-2)13-11-20-30-22(24(25,26)27)21(33-20)23(32)29-16(3)17-8-6-9-18(14-17)19-10-7-12-28-15-19/h6-10,12,14-16H,4-5,11,13H2,1-3H3,(H,29,32)/t16-/m0/s1. The first-order chi connectivity index (χ1) is 15.7.